The monoisotopic (exact) mass is 1250 g/mol. The first-order valence-corrected chi connectivity index (χ1v) is 26.1. The zero-order chi connectivity index (χ0) is 61.9. The smallest absolute Gasteiger partial charge is 0.669 e. The van der Waals surface area contributed by atoms with Crippen molar-refractivity contribution in [2.45, 2.75) is 93.9 Å². The number of amides is 3. The average Bonchev–Trinajstić information content (AvgIpc) is 3.34. The number of carboxylic acid groups (broad SMARTS) is 6. The fourth-order valence-corrected chi connectivity index (χ4v) is 9.64. The van der Waals surface area contributed by atoms with Crippen molar-refractivity contribution in [3.63, 3.8) is 0 Å². The Bertz CT molecular complexity index is 2810. The van der Waals surface area contributed by atoms with Crippen LogP contribution in [0, 0.1) is 0 Å². The van der Waals surface area contributed by atoms with Crippen molar-refractivity contribution in [1.82, 2.24) is 14.7 Å². The van der Waals surface area contributed by atoms with Crippen LogP contribution >= 0.6 is 0 Å². The molecular weight excluding hydrogens is 1190 g/mol. The molecular formula is C48H60B3N6Na3O27. The number of rotatable bonds is 18. The summed E-state index contributed by atoms with van der Waals surface area (Å²) in [6, 6.07) is 5.68. The molecule has 39 heteroatoms. The maximum Gasteiger partial charge on any atom is 1.00 e. The van der Waals surface area contributed by atoms with Gasteiger partial charge >= 0.3 is 145 Å². The van der Waals surface area contributed by atoms with E-state index in [0.717, 1.165) is 0 Å². The molecule has 3 aromatic rings. The van der Waals surface area contributed by atoms with Crippen molar-refractivity contribution < 1.29 is 221 Å². The molecule has 3 unspecified atom stereocenters. The number of likely N-dealkylation sites (tertiary alicyclic amines) is 3. The molecule has 6 heterocycles. The van der Waals surface area contributed by atoms with Gasteiger partial charge in [0.15, 0.2) is 0 Å². The number of carboxylic acids is 6. The largest absolute Gasteiger partial charge is 1.00 e. The number of nitrogens with zero attached hydrogens (tertiary/aromatic N) is 3. The van der Waals surface area contributed by atoms with Gasteiger partial charge in [-0.3, -0.25) is 28.8 Å². The third kappa shape index (κ3) is 18.8. The van der Waals surface area contributed by atoms with Gasteiger partial charge in [-0.05, 0) is 54.2 Å². The van der Waals surface area contributed by atoms with Crippen molar-refractivity contribution in [3.8, 4) is 34.5 Å². The number of ether oxygens (including phenoxy) is 3. The Kier molecular flexibility index (Phi) is 25.8. The van der Waals surface area contributed by atoms with Crippen LogP contribution in [0.5, 0.6) is 34.5 Å². The molecule has 3 atom stereocenters. The van der Waals surface area contributed by atoms with E-state index >= 15 is 0 Å². The topological polar surface area (TPSA) is 540 Å². The second-order valence-corrected chi connectivity index (χ2v) is 20.8. The van der Waals surface area contributed by atoms with Crippen LogP contribution in [0.3, 0.4) is 0 Å². The van der Waals surface area contributed by atoms with Gasteiger partial charge < -0.3 is 121 Å². The number of aromatic carboxylic acids is 3. The van der Waals surface area contributed by atoms with Crippen LogP contribution < -0.4 is 134 Å². The summed E-state index contributed by atoms with van der Waals surface area (Å²) in [5.41, 5.74) is 17.2. The first-order chi connectivity index (χ1) is 39.2. The van der Waals surface area contributed by atoms with E-state index in [0.29, 0.717) is 16.7 Å². The van der Waals surface area contributed by atoms with E-state index in [9.17, 15) is 88.6 Å². The molecule has 0 radical (unpaired) electrons. The SMILES string of the molecule is NC(CC(=O)O)C(=O)N1CC(Oc2ccc3c(c2C(=O)O)O[B-](O)(O)CC3)C1.NC(CC(=O)O)C(=O)N1CC(Oc2ccc3c(c2C(=O)O)O[B-](O)(O)CC3)C1.NC(CC(=O)O)C(=O)N1CC(Oc2ccc3c(c2C(=O)O)O[B-](O)(O)CC3)C1.[Na+].[Na+].[Na+]. The average molecular weight is 1250 g/mol. The Labute approximate surface area is 559 Å². The molecule has 6 aliphatic rings. The number of benzene rings is 3. The van der Waals surface area contributed by atoms with Crippen LogP contribution in [0.25, 0.3) is 0 Å². The zero-order valence-electron chi connectivity index (χ0n) is 47.3. The third-order valence-corrected chi connectivity index (χ3v) is 14.0. The molecule has 0 spiro atoms. The quantitative estimate of drug-likeness (QED) is 0.0526. The standard InChI is InChI=1S/3C16H20BN2O9.3Na/c3*18-10(5-12(20)21)15(22)19-6-9(7-19)27-11-2-1-8-3-4-17(25,26)28-14(8)13(11)16(23)24;;;/h3*1-2,9-10,25-26H,3-7,18H2,(H,20,21)(H,23,24);;;/q3*-1;3*+1. The maximum atomic E-state index is 12.0. The van der Waals surface area contributed by atoms with Crippen LogP contribution in [0.2, 0.25) is 19.0 Å². The Morgan fingerprint density at radius 2 is 0.644 bits per heavy atom. The number of aryl methyl sites for hydroxylation is 3. The van der Waals surface area contributed by atoms with Gasteiger partial charge in [0.2, 0.25) is 17.7 Å². The Balaban J connectivity index is 0.000000275. The molecule has 0 aliphatic carbocycles. The minimum atomic E-state index is -3.14. The Hall–Kier alpha value is -5.48. The van der Waals surface area contributed by atoms with Crippen molar-refractivity contribution in [2.75, 3.05) is 39.3 Å². The summed E-state index contributed by atoms with van der Waals surface area (Å²) in [4.78, 5) is 107. The van der Waals surface area contributed by atoms with Crippen LogP contribution in [-0.2, 0) is 48.0 Å². The molecule has 87 heavy (non-hydrogen) atoms. The van der Waals surface area contributed by atoms with Crippen molar-refractivity contribution in [1.29, 1.82) is 0 Å². The summed E-state index contributed by atoms with van der Waals surface area (Å²) >= 11 is 0. The molecule has 33 nitrogen and oxygen atoms in total. The van der Waals surface area contributed by atoms with E-state index in [1.54, 1.807) is 18.2 Å². The predicted octanol–water partition coefficient (Wildman–Crippen LogP) is -13.1. The molecule has 0 aromatic heterocycles. The van der Waals surface area contributed by atoms with Crippen LogP contribution in [-0.4, -0.2) is 225 Å². The van der Waals surface area contributed by atoms with Gasteiger partial charge in [-0.1, -0.05) is 37.2 Å². The summed E-state index contributed by atoms with van der Waals surface area (Å²) in [5, 5.41) is 113. The summed E-state index contributed by atoms with van der Waals surface area (Å²) in [6.07, 6.45) is -2.39. The van der Waals surface area contributed by atoms with Crippen molar-refractivity contribution in [3.05, 3.63) is 69.8 Å². The maximum absolute atomic E-state index is 12.0. The van der Waals surface area contributed by atoms with E-state index in [-0.39, 0.29) is 217 Å². The molecule has 456 valence electrons. The van der Waals surface area contributed by atoms with Crippen LogP contribution in [0.1, 0.15) is 67.0 Å². The van der Waals surface area contributed by atoms with Crippen molar-refractivity contribution >= 4 is 73.8 Å². The minimum absolute atomic E-state index is 0. The van der Waals surface area contributed by atoms with Gasteiger partial charge in [0.1, 0.15) is 52.3 Å². The number of hydrogen-bond donors (Lipinski definition) is 15. The van der Waals surface area contributed by atoms with Gasteiger partial charge in [-0.15, -0.1) is 0 Å². The molecule has 3 saturated heterocycles. The molecule has 0 bridgehead atoms. The van der Waals surface area contributed by atoms with Gasteiger partial charge in [-0.25, -0.2) is 14.4 Å². The minimum Gasteiger partial charge on any atom is -0.669 e. The second-order valence-electron chi connectivity index (χ2n) is 20.8. The van der Waals surface area contributed by atoms with Gasteiger partial charge in [0.25, 0.3) is 0 Å². The molecule has 9 rings (SSSR count). The number of aliphatic carboxylic acids is 3. The van der Waals surface area contributed by atoms with Crippen LogP contribution in [0.4, 0.5) is 0 Å². The van der Waals surface area contributed by atoms with Crippen LogP contribution in [0.15, 0.2) is 36.4 Å². The molecule has 18 N–H and O–H groups in total. The van der Waals surface area contributed by atoms with E-state index in [2.05, 4.69) is 0 Å². The first-order valence-electron chi connectivity index (χ1n) is 26.1. The van der Waals surface area contributed by atoms with E-state index in [1.807, 2.05) is 0 Å². The van der Waals surface area contributed by atoms with Crippen molar-refractivity contribution in [2.24, 2.45) is 17.2 Å². The summed E-state index contributed by atoms with van der Waals surface area (Å²) < 4.78 is 32.2. The molecule has 3 fully saturated rings. The summed E-state index contributed by atoms with van der Waals surface area (Å²) in [7, 11) is 0. The van der Waals surface area contributed by atoms with Gasteiger partial charge in [0, 0.05) is 0 Å². The zero-order valence-corrected chi connectivity index (χ0v) is 53.3. The molecule has 0 saturated carbocycles. The third-order valence-electron chi connectivity index (χ3n) is 14.0. The van der Waals surface area contributed by atoms with E-state index < -0.39 is 130 Å². The number of nitrogens with two attached hydrogens (primary N) is 3. The van der Waals surface area contributed by atoms with Gasteiger partial charge in [0.05, 0.1) is 93.9 Å². The second kappa shape index (κ2) is 30.4. The molecule has 6 aliphatic heterocycles. The van der Waals surface area contributed by atoms with E-state index in [1.165, 1.54) is 32.9 Å². The normalized spacial score (nSPS) is 18.4. The fraction of sp³-hybridized carbons (Fsp3) is 0.438. The number of carbonyl (C=O) groups is 9. The molecule has 3 aromatic carbocycles. The first kappa shape index (κ1) is 74.0. The Morgan fingerprint density at radius 1 is 0.425 bits per heavy atom. The van der Waals surface area contributed by atoms with Gasteiger partial charge in [-0.2, -0.15) is 0 Å². The fourth-order valence-electron chi connectivity index (χ4n) is 9.64. The predicted molar refractivity (Wildman–Crippen MR) is 282 cm³/mol. The van der Waals surface area contributed by atoms with E-state index in [4.69, 9.17) is 60.7 Å². The number of fused-ring (bicyclic) bond motifs is 3. The summed E-state index contributed by atoms with van der Waals surface area (Å²) in [5.74, 6) is -9.66. The summed E-state index contributed by atoms with van der Waals surface area (Å²) in [6.45, 7) is -8.68. The molecule has 3 amide bonds. The Morgan fingerprint density at radius 3 is 0.839 bits per heavy atom. The number of carbonyl (C=O) groups excluding carboxylic acids is 3. The number of hydrogen-bond acceptors (Lipinski definition) is 24.